The largest absolute Gasteiger partial charge is 0.310 e. The number of thiophene rings is 1. The van der Waals surface area contributed by atoms with Gasteiger partial charge < -0.3 is 4.90 Å². The minimum atomic E-state index is 1.10. The van der Waals surface area contributed by atoms with Gasteiger partial charge in [0.1, 0.15) is 0 Å². The van der Waals surface area contributed by atoms with Crippen LogP contribution in [0.2, 0.25) is 0 Å². The van der Waals surface area contributed by atoms with Crippen LogP contribution in [-0.2, 0) is 0 Å². The number of benzene rings is 10. The Kier molecular flexibility index (Phi) is 7.75. The fourth-order valence-electron chi connectivity index (χ4n) is 8.58. The predicted molar refractivity (Wildman–Crippen MR) is 243 cm³/mol. The third kappa shape index (κ3) is 5.46. The highest BCUT2D eigenvalue weighted by atomic mass is 32.1. The first kappa shape index (κ1) is 32.4. The summed E-state index contributed by atoms with van der Waals surface area (Å²) in [6, 6.07) is 77.7. The van der Waals surface area contributed by atoms with Crippen molar-refractivity contribution in [3.05, 3.63) is 212 Å². The van der Waals surface area contributed by atoms with Gasteiger partial charge in [-0.1, -0.05) is 164 Å². The molecule has 0 atom stereocenters. The van der Waals surface area contributed by atoms with Crippen molar-refractivity contribution in [3.8, 4) is 33.4 Å². The van der Waals surface area contributed by atoms with E-state index in [0.29, 0.717) is 0 Å². The minimum absolute atomic E-state index is 1.10. The molecule has 0 saturated carbocycles. The molecule has 0 amide bonds. The maximum Gasteiger partial charge on any atom is 0.0540 e. The van der Waals surface area contributed by atoms with E-state index in [-0.39, 0.29) is 0 Å². The Balaban J connectivity index is 1.05. The molecule has 1 aromatic heterocycles. The molecule has 0 unspecified atom stereocenters. The molecule has 0 radical (unpaired) electrons. The van der Waals surface area contributed by atoms with Gasteiger partial charge in [0.2, 0.25) is 0 Å². The summed E-state index contributed by atoms with van der Waals surface area (Å²) in [5, 5.41) is 10.2. The van der Waals surface area contributed by atoms with Gasteiger partial charge in [-0.25, -0.2) is 0 Å². The molecular formula is C54H35NS. The molecule has 0 fully saturated rings. The van der Waals surface area contributed by atoms with Crippen LogP contribution in [0.25, 0.3) is 85.9 Å². The zero-order chi connectivity index (χ0) is 37.0. The molecule has 2 heteroatoms. The van der Waals surface area contributed by atoms with Crippen molar-refractivity contribution >= 4 is 80.9 Å². The van der Waals surface area contributed by atoms with E-state index in [0.717, 1.165) is 17.1 Å². The summed E-state index contributed by atoms with van der Waals surface area (Å²) in [4.78, 5) is 2.42. The van der Waals surface area contributed by atoms with Gasteiger partial charge in [0.25, 0.3) is 0 Å². The van der Waals surface area contributed by atoms with E-state index in [9.17, 15) is 0 Å². The smallest absolute Gasteiger partial charge is 0.0540 e. The van der Waals surface area contributed by atoms with Gasteiger partial charge >= 0.3 is 0 Å². The zero-order valence-corrected chi connectivity index (χ0v) is 31.4. The van der Waals surface area contributed by atoms with Crippen molar-refractivity contribution < 1.29 is 0 Å². The van der Waals surface area contributed by atoms with Crippen molar-refractivity contribution in [1.82, 2.24) is 0 Å². The molecule has 1 heterocycles. The first-order chi connectivity index (χ1) is 27.8. The van der Waals surface area contributed by atoms with Crippen LogP contribution in [0.5, 0.6) is 0 Å². The van der Waals surface area contributed by atoms with E-state index >= 15 is 0 Å². The first-order valence-electron chi connectivity index (χ1n) is 19.2. The second-order valence-corrected chi connectivity index (χ2v) is 15.6. The van der Waals surface area contributed by atoms with Crippen molar-refractivity contribution in [1.29, 1.82) is 0 Å². The SMILES string of the molecule is c1ccc(N(c2ccc(-c3ccc4c(c3)sc3ccccc34)cc2)c2ccc(-c3cc4ccccc4c4ccccc34)cc2)c(-c2cccc3ccccc23)c1. The van der Waals surface area contributed by atoms with Crippen molar-refractivity contribution in [2.45, 2.75) is 0 Å². The summed E-state index contributed by atoms with van der Waals surface area (Å²) in [5.41, 5.74) is 10.6. The number of rotatable bonds is 6. The number of hydrogen-bond donors (Lipinski definition) is 0. The third-order valence-electron chi connectivity index (χ3n) is 11.3. The molecule has 0 aliphatic heterocycles. The van der Waals surface area contributed by atoms with Gasteiger partial charge in [-0.3, -0.25) is 0 Å². The predicted octanol–water partition coefficient (Wildman–Crippen LogP) is 16.0. The fourth-order valence-corrected chi connectivity index (χ4v) is 9.72. The van der Waals surface area contributed by atoms with E-state index in [1.807, 2.05) is 11.3 Å². The Morgan fingerprint density at radius 3 is 1.64 bits per heavy atom. The van der Waals surface area contributed by atoms with Gasteiger partial charge in [-0.15, -0.1) is 11.3 Å². The van der Waals surface area contributed by atoms with Crippen molar-refractivity contribution in [2.24, 2.45) is 0 Å². The molecule has 56 heavy (non-hydrogen) atoms. The lowest BCUT2D eigenvalue weighted by atomic mass is 9.93. The summed E-state index contributed by atoms with van der Waals surface area (Å²) >= 11 is 1.87. The Hall–Kier alpha value is -7.00. The summed E-state index contributed by atoms with van der Waals surface area (Å²) in [6.45, 7) is 0. The molecule has 0 spiro atoms. The quantitative estimate of drug-likeness (QED) is 0.154. The first-order valence-corrected chi connectivity index (χ1v) is 20.0. The van der Waals surface area contributed by atoms with E-state index in [2.05, 4.69) is 217 Å². The fraction of sp³-hybridized carbons (Fsp3) is 0. The molecule has 11 aromatic rings. The lowest BCUT2D eigenvalue weighted by Gasteiger charge is -2.28. The monoisotopic (exact) mass is 729 g/mol. The Labute approximate surface area is 330 Å². The molecular weight excluding hydrogens is 695 g/mol. The molecule has 0 bridgehead atoms. The second kappa shape index (κ2) is 13.4. The lowest BCUT2D eigenvalue weighted by Crippen LogP contribution is -2.11. The van der Waals surface area contributed by atoms with E-state index in [4.69, 9.17) is 0 Å². The topological polar surface area (TPSA) is 3.24 Å². The molecule has 0 aliphatic rings. The summed E-state index contributed by atoms with van der Waals surface area (Å²) in [6.07, 6.45) is 0. The molecule has 0 saturated heterocycles. The summed E-state index contributed by atoms with van der Waals surface area (Å²) in [7, 11) is 0. The third-order valence-corrected chi connectivity index (χ3v) is 12.4. The van der Waals surface area contributed by atoms with Crippen LogP contribution in [-0.4, -0.2) is 0 Å². The van der Waals surface area contributed by atoms with Gasteiger partial charge in [0, 0.05) is 37.1 Å². The Morgan fingerprint density at radius 2 is 0.839 bits per heavy atom. The van der Waals surface area contributed by atoms with Crippen molar-refractivity contribution in [3.63, 3.8) is 0 Å². The van der Waals surface area contributed by atoms with E-state index < -0.39 is 0 Å². The number of nitrogens with zero attached hydrogens (tertiary/aromatic N) is 1. The lowest BCUT2D eigenvalue weighted by molar-refractivity contribution is 1.28. The maximum atomic E-state index is 2.42. The van der Waals surface area contributed by atoms with Crippen LogP contribution in [0.1, 0.15) is 0 Å². The van der Waals surface area contributed by atoms with Gasteiger partial charge in [-0.05, 0) is 109 Å². The molecule has 10 aromatic carbocycles. The second-order valence-electron chi connectivity index (χ2n) is 14.5. The number of anilines is 3. The highest BCUT2D eigenvalue weighted by molar-refractivity contribution is 7.25. The molecule has 11 rings (SSSR count). The molecule has 0 aliphatic carbocycles. The Bertz CT molecular complexity index is 3240. The maximum absolute atomic E-state index is 2.42. The highest BCUT2D eigenvalue weighted by Gasteiger charge is 2.19. The highest BCUT2D eigenvalue weighted by Crippen LogP contribution is 2.44. The van der Waals surface area contributed by atoms with E-state index in [1.54, 1.807) is 0 Å². The van der Waals surface area contributed by atoms with Gasteiger partial charge in [0.05, 0.1) is 5.69 Å². The molecule has 0 N–H and O–H groups in total. The average molecular weight is 730 g/mol. The van der Waals surface area contributed by atoms with Gasteiger partial charge in [-0.2, -0.15) is 0 Å². The summed E-state index contributed by atoms with van der Waals surface area (Å²) in [5.74, 6) is 0. The van der Waals surface area contributed by atoms with Crippen LogP contribution >= 0.6 is 11.3 Å². The molecule has 1 nitrogen and oxygen atoms in total. The van der Waals surface area contributed by atoms with Crippen LogP contribution in [0.15, 0.2) is 212 Å². The Morgan fingerprint density at radius 1 is 0.286 bits per heavy atom. The summed E-state index contributed by atoms with van der Waals surface area (Å²) < 4.78 is 2.65. The van der Waals surface area contributed by atoms with Crippen LogP contribution < -0.4 is 4.90 Å². The molecule has 262 valence electrons. The van der Waals surface area contributed by atoms with Crippen LogP contribution in [0.4, 0.5) is 17.1 Å². The zero-order valence-electron chi connectivity index (χ0n) is 30.6. The average Bonchev–Trinajstić information content (AvgIpc) is 3.65. The van der Waals surface area contributed by atoms with Crippen LogP contribution in [0, 0.1) is 0 Å². The number of para-hydroxylation sites is 1. The van der Waals surface area contributed by atoms with Crippen LogP contribution in [0.3, 0.4) is 0 Å². The standard InChI is InChI=1S/C54H35NS/c1-3-15-43-37(12-1)14-11-21-46(43)48-19-7-9-22-52(48)55(41-29-24-36(25-30-41)39-28-33-50-49-20-8-10-23-53(49)56-54(50)35-39)42-31-26-38(27-32-42)51-34-40-13-2-4-16-44(40)45-17-5-6-18-47(45)51/h1-35H. The van der Waals surface area contributed by atoms with Gasteiger partial charge in [0.15, 0.2) is 0 Å². The number of hydrogen-bond acceptors (Lipinski definition) is 2. The minimum Gasteiger partial charge on any atom is -0.310 e. The van der Waals surface area contributed by atoms with Crippen molar-refractivity contribution in [2.75, 3.05) is 4.90 Å². The normalized spacial score (nSPS) is 11.6. The number of fused-ring (bicyclic) bond motifs is 7. The van der Waals surface area contributed by atoms with E-state index in [1.165, 1.54) is 85.9 Å².